The molecule has 3 rings (SSSR count). The predicted octanol–water partition coefficient (Wildman–Crippen LogP) is 3.74. The van der Waals surface area contributed by atoms with Crippen LogP contribution in [0, 0.1) is 23.2 Å². The highest BCUT2D eigenvalue weighted by atomic mass is 35.5. The lowest BCUT2D eigenvalue weighted by molar-refractivity contribution is -0.122. The zero-order chi connectivity index (χ0) is 26.1. The monoisotopic (exact) mass is 522 g/mol. The van der Waals surface area contributed by atoms with Gasteiger partial charge >= 0.3 is 0 Å². The van der Waals surface area contributed by atoms with Crippen molar-refractivity contribution in [3.05, 3.63) is 51.4 Å². The first-order valence-electron chi connectivity index (χ1n) is 11.8. The zero-order valence-corrected chi connectivity index (χ0v) is 22.7. The summed E-state index contributed by atoms with van der Waals surface area (Å²) in [5, 5.41) is 10.3. The molecule has 0 radical (unpaired) electrons. The lowest BCUT2D eigenvalue weighted by Gasteiger charge is -2.50. The van der Waals surface area contributed by atoms with Crippen molar-refractivity contribution in [1.82, 2.24) is 15.1 Å². The van der Waals surface area contributed by atoms with Gasteiger partial charge in [-0.05, 0) is 47.3 Å². The molecule has 1 aliphatic rings. The second kappa shape index (κ2) is 10.3. The quantitative estimate of drug-likeness (QED) is 0.573. The number of carbonyl (C=O) groups is 1. The lowest BCUT2D eigenvalue weighted by atomic mass is 9.58. The summed E-state index contributed by atoms with van der Waals surface area (Å²) < 4.78 is 24.1. The summed E-state index contributed by atoms with van der Waals surface area (Å²) in [6.07, 6.45) is 3.60. The molecular weight excluding hydrogens is 488 g/mol. The number of sulfone groups is 1. The van der Waals surface area contributed by atoms with E-state index in [1.54, 1.807) is 12.1 Å². The van der Waals surface area contributed by atoms with Crippen LogP contribution in [-0.4, -0.2) is 36.4 Å². The van der Waals surface area contributed by atoms with Crippen molar-refractivity contribution in [2.45, 2.75) is 65.1 Å². The van der Waals surface area contributed by atoms with Crippen molar-refractivity contribution in [1.29, 1.82) is 0 Å². The third kappa shape index (κ3) is 6.06. The maximum absolute atomic E-state index is 12.8. The highest BCUT2D eigenvalue weighted by Crippen LogP contribution is 2.48. The van der Waals surface area contributed by atoms with Gasteiger partial charge in [0.2, 0.25) is 5.91 Å². The molecule has 10 heteroatoms. The van der Waals surface area contributed by atoms with Crippen molar-refractivity contribution < 1.29 is 13.2 Å². The third-order valence-corrected chi connectivity index (χ3v) is 9.43. The largest absolute Gasteiger partial charge is 0.379 e. The van der Waals surface area contributed by atoms with Gasteiger partial charge < -0.3 is 10.6 Å². The van der Waals surface area contributed by atoms with E-state index in [2.05, 4.69) is 50.4 Å². The number of rotatable bonds is 7. The van der Waals surface area contributed by atoms with Crippen molar-refractivity contribution >= 4 is 33.0 Å². The Bertz CT molecular complexity index is 1240. The van der Waals surface area contributed by atoms with Gasteiger partial charge in [-0.3, -0.25) is 9.59 Å². The van der Waals surface area contributed by atoms with E-state index < -0.39 is 21.3 Å². The number of nitrogens with one attached hydrogen (secondary N) is 2. The second-order valence-electron chi connectivity index (χ2n) is 10.4. The molecule has 1 aliphatic carbocycles. The molecule has 1 aromatic carbocycles. The summed E-state index contributed by atoms with van der Waals surface area (Å²) in [5.74, 6) is 0.970. The van der Waals surface area contributed by atoms with Crippen LogP contribution in [0.2, 0.25) is 5.02 Å². The predicted molar refractivity (Wildman–Crippen MR) is 138 cm³/mol. The molecule has 0 bridgehead atoms. The summed E-state index contributed by atoms with van der Waals surface area (Å²) in [4.78, 5) is 25.4. The van der Waals surface area contributed by atoms with Crippen LogP contribution in [0.25, 0.3) is 0 Å². The summed E-state index contributed by atoms with van der Waals surface area (Å²) in [6, 6.07) is 6.41. The molecule has 1 saturated carbocycles. The molecule has 1 aromatic heterocycles. The molecule has 4 atom stereocenters. The van der Waals surface area contributed by atoms with Gasteiger partial charge in [0.15, 0.2) is 9.84 Å². The Morgan fingerprint density at radius 2 is 1.83 bits per heavy atom. The number of amides is 1. The zero-order valence-electron chi connectivity index (χ0n) is 21.1. The van der Waals surface area contributed by atoms with Gasteiger partial charge in [-0.15, -0.1) is 0 Å². The Morgan fingerprint density at radius 3 is 2.43 bits per heavy atom. The van der Waals surface area contributed by atoms with Crippen LogP contribution in [0.5, 0.6) is 0 Å². The van der Waals surface area contributed by atoms with Gasteiger partial charge in [0.25, 0.3) is 5.56 Å². The smallest absolute Gasteiger partial charge is 0.288 e. The van der Waals surface area contributed by atoms with Crippen molar-refractivity contribution in [3.8, 4) is 0 Å². The second-order valence-corrected chi connectivity index (χ2v) is 12.8. The molecular formula is C25H35ClN4O4S. The van der Waals surface area contributed by atoms with Gasteiger partial charge in [-0.2, -0.15) is 5.10 Å². The van der Waals surface area contributed by atoms with Gasteiger partial charge in [0.1, 0.15) is 11.6 Å². The van der Waals surface area contributed by atoms with Crippen molar-refractivity contribution in [3.63, 3.8) is 0 Å². The molecule has 2 aromatic rings. The minimum Gasteiger partial charge on any atom is -0.379 e. The van der Waals surface area contributed by atoms with Crippen LogP contribution in [0.3, 0.4) is 0 Å². The molecule has 1 heterocycles. The average Bonchev–Trinajstić information content (AvgIpc) is 2.79. The number of nitrogens with zero attached hydrogens (tertiary/aromatic N) is 2. The molecule has 1 fully saturated rings. The van der Waals surface area contributed by atoms with Crippen molar-refractivity contribution in [2.75, 3.05) is 11.6 Å². The topological polar surface area (TPSA) is 110 Å². The maximum atomic E-state index is 12.8. The molecule has 0 aliphatic heterocycles. The van der Waals surface area contributed by atoms with Gasteiger partial charge in [0.05, 0.1) is 16.8 Å². The molecule has 35 heavy (non-hydrogen) atoms. The fourth-order valence-corrected chi connectivity index (χ4v) is 5.52. The van der Waals surface area contributed by atoms with Crippen LogP contribution >= 0.6 is 11.6 Å². The minimum absolute atomic E-state index is 0.0153. The molecule has 192 valence electrons. The van der Waals surface area contributed by atoms with Crippen LogP contribution in [-0.2, 0) is 27.7 Å². The Morgan fingerprint density at radius 1 is 1.20 bits per heavy atom. The van der Waals surface area contributed by atoms with E-state index in [-0.39, 0.29) is 34.5 Å². The highest BCUT2D eigenvalue weighted by Gasteiger charge is 2.43. The van der Waals surface area contributed by atoms with E-state index in [4.69, 9.17) is 11.6 Å². The van der Waals surface area contributed by atoms with E-state index in [0.29, 0.717) is 23.4 Å². The first-order chi connectivity index (χ1) is 16.2. The lowest BCUT2D eigenvalue weighted by Crippen LogP contribution is -2.48. The summed E-state index contributed by atoms with van der Waals surface area (Å²) in [7, 11) is -3.28. The fourth-order valence-electron chi connectivity index (χ4n) is 4.69. The Labute approximate surface area is 212 Å². The number of hydrogen-bond donors (Lipinski definition) is 2. The van der Waals surface area contributed by atoms with Crippen LogP contribution in [0.15, 0.2) is 40.2 Å². The molecule has 0 saturated heterocycles. The normalized spacial score (nSPS) is 24.1. The highest BCUT2D eigenvalue weighted by molar-refractivity contribution is 7.90. The summed E-state index contributed by atoms with van der Waals surface area (Å²) in [5.41, 5.74) is 0.910. The first-order valence-corrected chi connectivity index (χ1v) is 14.1. The van der Waals surface area contributed by atoms with Crippen LogP contribution < -0.4 is 16.2 Å². The molecule has 1 amide bonds. The Kier molecular flexibility index (Phi) is 8.01. The number of aromatic nitrogens is 2. The van der Waals surface area contributed by atoms with E-state index in [1.165, 1.54) is 18.3 Å². The van der Waals surface area contributed by atoms with E-state index >= 15 is 0 Å². The Balaban J connectivity index is 1.63. The van der Waals surface area contributed by atoms with E-state index in [1.807, 2.05) is 0 Å². The molecule has 2 N–H and O–H groups in total. The van der Waals surface area contributed by atoms with Crippen LogP contribution in [0.1, 0.15) is 46.6 Å². The molecule has 0 spiro atoms. The van der Waals surface area contributed by atoms with Crippen molar-refractivity contribution in [2.24, 2.45) is 23.2 Å². The van der Waals surface area contributed by atoms with Crippen LogP contribution in [0.4, 0.5) is 5.69 Å². The number of anilines is 1. The maximum Gasteiger partial charge on any atom is 0.288 e. The average molecular weight is 523 g/mol. The molecule has 8 nitrogen and oxygen atoms in total. The first kappa shape index (κ1) is 27.2. The molecule has 0 unspecified atom stereocenters. The third-order valence-electron chi connectivity index (χ3n) is 7.93. The van der Waals surface area contributed by atoms with Gasteiger partial charge in [0, 0.05) is 18.8 Å². The van der Waals surface area contributed by atoms with Gasteiger partial charge in [-0.25, -0.2) is 13.1 Å². The number of benzene rings is 1. The number of hydrogen-bond acceptors (Lipinski definition) is 6. The SMILES string of the molecule is C[C@@H]1[C@@H](C)C(C)(C)[C@@H](C)C[C@H]1Nc1cnn(CC(=O)NCc2ccc(S(C)(=O)=O)cc2)c(=O)c1Cl. The Hall–Kier alpha value is -2.39. The number of halogens is 1. The number of carbonyl (C=O) groups excluding carboxylic acids is 1. The standard InChI is InChI=1S/C25H35ClN4O4S/c1-15-11-20(16(2)17(3)25(15,4)5)29-21-13-28-30(24(32)23(21)26)14-22(31)27-12-18-7-9-19(10-8-18)35(6,33)34/h7-10,13,15-17,20,29H,11-12,14H2,1-6H3,(H,27,31)/t15-,16+,17+,20+/m0/s1. The minimum atomic E-state index is -3.28. The summed E-state index contributed by atoms with van der Waals surface area (Å²) in [6.45, 7) is 11.3. The van der Waals surface area contributed by atoms with E-state index in [9.17, 15) is 18.0 Å². The fraction of sp³-hybridized carbons (Fsp3) is 0.560. The summed E-state index contributed by atoms with van der Waals surface area (Å²) >= 11 is 6.39. The van der Waals surface area contributed by atoms with E-state index in [0.717, 1.165) is 22.9 Å². The van der Waals surface area contributed by atoms with Gasteiger partial charge in [-0.1, -0.05) is 58.4 Å².